The van der Waals surface area contributed by atoms with Gasteiger partial charge in [-0.2, -0.15) is 0 Å². The molecule has 4 heteroatoms. The zero-order chi connectivity index (χ0) is 9.42. The van der Waals surface area contributed by atoms with Crippen LogP contribution in [0.15, 0.2) is 5.38 Å². The Hall–Kier alpha value is -0.740. The van der Waals surface area contributed by atoms with Crippen molar-refractivity contribution in [2.75, 3.05) is 0 Å². The van der Waals surface area contributed by atoms with Gasteiger partial charge in [0.15, 0.2) is 0 Å². The standard InChI is InChI=1S/C9H10N2S2/c1-5-9(13-7(3)10-5)8-4-12-6(2)11-8/h4H,1-3H3. The van der Waals surface area contributed by atoms with Crippen LogP contribution in [0, 0.1) is 20.8 Å². The molecule has 0 bridgehead atoms. The van der Waals surface area contributed by atoms with Gasteiger partial charge in [-0.1, -0.05) is 0 Å². The van der Waals surface area contributed by atoms with Gasteiger partial charge in [-0.25, -0.2) is 9.97 Å². The first-order chi connectivity index (χ1) is 6.16. The fraction of sp³-hybridized carbons (Fsp3) is 0.333. The maximum Gasteiger partial charge on any atom is 0.0933 e. The van der Waals surface area contributed by atoms with Crippen molar-refractivity contribution < 1.29 is 0 Å². The molecule has 2 aromatic rings. The fourth-order valence-electron chi connectivity index (χ4n) is 1.24. The Morgan fingerprint density at radius 1 is 1.08 bits per heavy atom. The van der Waals surface area contributed by atoms with Crippen molar-refractivity contribution in [3.63, 3.8) is 0 Å². The average Bonchev–Trinajstić information content (AvgIpc) is 2.58. The summed E-state index contributed by atoms with van der Waals surface area (Å²) in [5, 5.41) is 4.31. The highest BCUT2D eigenvalue weighted by atomic mass is 32.1. The summed E-state index contributed by atoms with van der Waals surface area (Å²) in [6.07, 6.45) is 0. The minimum absolute atomic E-state index is 1.07. The Kier molecular flexibility index (Phi) is 2.17. The Balaban J connectivity index is 2.51. The van der Waals surface area contributed by atoms with Crippen molar-refractivity contribution in [2.45, 2.75) is 20.8 Å². The Morgan fingerprint density at radius 3 is 2.31 bits per heavy atom. The van der Waals surface area contributed by atoms with Crippen LogP contribution < -0.4 is 0 Å². The summed E-state index contributed by atoms with van der Waals surface area (Å²) in [7, 11) is 0. The highest BCUT2D eigenvalue weighted by Crippen LogP contribution is 2.30. The lowest BCUT2D eigenvalue weighted by Crippen LogP contribution is -1.77. The van der Waals surface area contributed by atoms with Crippen molar-refractivity contribution in [1.29, 1.82) is 0 Å². The maximum atomic E-state index is 4.44. The number of nitrogens with zero attached hydrogens (tertiary/aromatic N) is 2. The second kappa shape index (κ2) is 3.20. The Labute approximate surface area is 85.3 Å². The number of thiazole rings is 2. The third-order valence-corrected chi connectivity index (χ3v) is 3.62. The molecule has 0 spiro atoms. The van der Waals surface area contributed by atoms with Crippen molar-refractivity contribution in [3.8, 4) is 10.6 Å². The summed E-state index contributed by atoms with van der Waals surface area (Å²) in [6, 6.07) is 0. The lowest BCUT2D eigenvalue weighted by molar-refractivity contribution is 1.19. The quantitative estimate of drug-likeness (QED) is 0.722. The molecule has 0 aliphatic rings. The number of aromatic nitrogens is 2. The summed E-state index contributed by atoms with van der Waals surface area (Å²) >= 11 is 3.40. The van der Waals surface area contributed by atoms with E-state index in [1.54, 1.807) is 22.7 Å². The van der Waals surface area contributed by atoms with Crippen LogP contribution in [0.4, 0.5) is 0 Å². The van der Waals surface area contributed by atoms with E-state index in [0.29, 0.717) is 0 Å². The van der Waals surface area contributed by atoms with Crippen molar-refractivity contribution in [3.05, 3.63) is 21.1 Å². The normalized spacial score (nSPS) is 10.7. The predicted octanol–water partition coefficient (Wildman–Crippen LogP) is 3.19. The molecule has 0 aliphatic carbocycles. The monoisotopic (exact) mass is 210 g/mol. The van der Waals surface area contributed by atoms with E-state index in [-0.39, 0.29) is 0 Å². The van der Waals surface area contributed by atoms with Gasteiger partial charge in [-0.3, -0.25) is 0 Å². The number of rotatable bonds is 1. The van der Waals surface area contributed by atoms with Gasteiger partial charge < -0.3 is 0 Å². The molecule has 0 aromatic carbocycles. The van der Waals surface area contributed by atoms with Crippen molar-refractivity contribution >= 4 is 22.7 Å². The molecule has 0 fully saturated rings. The number of aryl methyl sites for hydroxylation is 3. The zero-order valence-corrected chi connectivity index (χ0v) is 9.42. The van der Waals surface area contributed by atoms with E-state index in [4.69, 9.17) is 0 Å². The van der Waals surface area contributed by atoms with E-state index in [2.05, 4.69) is 15.3 Å². The van der Waals surface area contributed by atoms with Crippen LogP contribution in [0.3, 0.4) is 0 Å². The number of hydrogen-bond donors (Lipinski definition) is 0. The molecule has 0 saturated carbocycles. The van der Waals surface area contributed by atoms with Gasteiger partial charge in [0, 0.05) is 5.38 Å². The van der Waals surface area contributed by atoms with Crippen molar-refractivity contribution in [1.82, 2.24) is 9.97 Å². The van der Waals surface area contributed by atoms with Crippen LogP contribution in [0.5, 0.6) is 0 Å². The highest BCUT2D eigenvalue weighted by Gasteiger charge is 2.09. The van der Waals surface area contributed by atoms with Gasteiger partial charge in [0.25, 0.3) is 0 Å². The molecule has 2 rings (SSSR count). The smallest absolute Gasteiger partial charge is 0.0933 e. The minimum Gasteiger partial charge on any atom is -0.246 e. The second-order valence-electron chi connectivity index (χ2n) is 2.90. The molecule has 0 radical (unpaired) electrons. The van der Waals surface area contributed by atoms with Crippen LogP contribution in [-0.4, -0.2) is 9.97 Å². The van der Waals surface area contributed by atoms with Gasteiger partial charge in [-0.05, 0) is 20.8 Å². The maximum absolute atomic E-state index is 4.44. The summed E-state index contributed by atoms with van der Waals surface area (Å²) < 4.78 is 0. The van der Waals surface area contributed by atoms with Crippen LogP contribution in [-0.2, 0) is 0 Å². The molecule has 0 N–H and O–H groups in total. The van der Waals surface area contributed by atoms with E-state index in [0.717, 1.165) is 21.4 Å². The lowest BCUT2D eigenvalue weighted by Gasteiger charge is -1.89. The van der Waals surface area contributed by atoms with Crippen LogP contribution in [0.2, 0.25) is 0 Å². The summed E-state index contributed by atoms with van der Waals surface area (Å²) in [6.45, 7) is 6.09. The van der Waals surface area contributed by atoms with Gasteiger partial charge in [0.05, 0.1) is 26.3 Å². The lowest BCUT2D eigenvalue weighted by atomic mass is 10.3. The molecule has 0 atom stereocenters. The van der Waals surface area contributed by atoms with Crippen LogP contribution in [0.25, 0.3) is 10.6 Å². The topological polar surface area (TPSA) is 25.8 Å². The zero-order valence-electron chi connectivity index (χ0n) is 7.79. The molecule has 2 aromatic heterocycles. The first-order valence-electron chi connectivity index (χ1n) is 4.03. The third-order valence-electron chi connectivity index (χ3n) is 1.76. The van der Waals surface area contributed by atoms with E-state index in [1.807, 2.05) is 20.8 Å². The van der Waals surface area contributed by atoms with E-state index in [9.17, 15) is 0 Å². The second-order valence-corrected chi connectivity index (χ2v) is 5.16. The SMILES string of the molecule is Cc1nc(-c2sc(C)nc2C)cs1. The summed E-state index contributed by atoms with van der Waals surface area (Å²) in [4.78, 5) is 10.0. The first-order valence-corrected chi connectivity index (χ1v) is 5.73. The molecule has 0 amide bonds. The molecule has 0 aliphatic heterocycles. The highest BCUT2D eigenvalue weighted by molar-refractivity contribution is 7.15. The fourth-order valence-corrected chi connectivity index (χ4v) is 2.80. The molecule has 0 saturated heterocycles. The molecule has 13 heavy (non-hydrogen) atoms. The molecule has 68 valence electrons. The van der Waals surface area contributed by atoms with Crippen LogP contribution in [0.1, 0.15) is 15.7 Å². The van der Waals surface area contributed by atoms with Gasteiger partial charge in [-0.15, -0.1) is 22.7 Å². The Bertz CT molecular complexity index is 429. The van der Waals surface area contributed by atoms with Gasteiger partial charge in [0.1, 0.15) is 0 Å². The van der Waals surface area contributed by atoms with E-state index in [1.165, 1.54) is 4.88 Å². The molecular weight excluding hydrogens is 200 g/mol. The third kappa shape index (κ3) is 1.64. The van der Waals surface area contributed by atoms with Crippen LogP contribution >= 0.6 is 22.7 Å². The Morgan fingerprint density at radius 2 is 1.85 bits per heavy atom. The summed E-state index contributed by atoms with van der Waals surface area (Å²) in [5.74, 6) is 0. The average molecular weight is 210 g/mol. The van der Waals surface area contributed by atoms with E-state index >= 15 is 0 Å². The van der Waals surface area contributed by atoms with Gasteiger partial charge in [0.2, 0.25) is 0 Å². The largest absolute Gasteiger partial charge is 0.246 e. The first kappa shape index (κ1) is 8.84. The molecular formula is C9H10N2S2. The molecule has 2 heterocycles. The predicted molar refractivity (Wildman–Crippen MR) is 57.4 cm³/mol. The van der Waals surface area contributed by atoms with E-state index < -0.39 is 0 Å². The van der Waals surface area contributed by atoms with Crippen molar-refractivity contribution in [2.24, 2.45) is 0 Å². The number of hydrogen-bond acceptors (Lipinski definition) is 4. The molecule has 0 unspecified atom stereocenters. The minimum atomic E-state index is 1.07. The molecule has 2 nitrogen and oxygen atoms in total. The van der Waals surface area contributed by atoms with Gasteiger partial charge >= 0.3 is 0 Å². The summed E-state index contributed by atoms with van der Waals surface area (Å²) in [5.41, 5.74) is 2.17.